The summed E-state index contributed by atoms with van der Waals surface area (Å²) in [5.74, 6) is 1.54. The van der Waals surface area contributed by atoms with Gasteiger partial charge in [-0.2, -0.15) is 0 Å². The van der Waals surface area contributed by atoms with Crippen molar-refractivity contribution in [3.05, 3.63) is 0 Å². The van der Waals surface area contributed by atoms with Gasteiger partial charge in [0.1, 0.15) is 0 Å². The van der Waals surface area contributed by atoms with Crippen molar-refractivity contribution in [2.24, 2.45) is 23.0 Å². The molecule has 14 heavy (non-hydrogen) atoms. The van der Waals surface area contributed by atoms with Crippen molar-refractivity contribution in [1.29, 1.82) is 0 Å². The number of hydrogen-bond donors (Lipinski definition) is 2. The Morgan fingerprint density at radius 1 is 1.21 bits per heavy atom. The molecule has 0 spiro atoms. The van der Waals surface area contributed by atoms with Crippen LogP contribution < -0.4 is 5.73 Å². The molecule has 0 aromatic rings. The van der Waals surface area contributed by atoms with E-state index >= 15 is 0 Å². The van der Waals surface area contributed by atoms with Crippen molar-refractivity contribution in [3.8, 4) is 0 Å². The van der Waals surface area contributed by atoms with Crippen molar-refractivity contribution in [2.75, 3.05) is 0 Å². The van der Waals surface area contributed by atoms with Gasteiger partial charge in [-0.3, -0.25) is 0 Å². The van der Waals surface area contributed by atoms with Crippen LogP contribution >= 0.6 is 0 Å². The number of nitrogens with two attached hydrogens (primary N) is 1. The first-order chi connectivity index (χ1) is 6.51. The zero-order valence-electron chi connectivity index (χ0n) is 9.00. The Labute approximate surface area is 85.9 Å². The molecule has 2 heteroatoms. The maximum Gasteiger partial charge on any atom is 0.0659 e. The molecular formula is C12H21NO. The Hall–Kier alpha value is -0.0800. The van der Waals surface area contributed by atoms with Crippen LogP contribution in [0.2, 0.25) is 0 Å². The largest absolute Gasteiger partial charge is 0.390 e. The minimum absolute atomic E-state index is 0.264. The summed E-state index contributed by atoms with van der Waals surface area (Å²) in [7, 11) is 0. The van der Waals surface area contributed by atoms with Crippen molar-refractivity contribution >= 4 is 0 Å². The monoisotopic (exact) mass is 195 g/mol. The molecule has 4 rings (SSSR count). The minimum Gasteiger partial charge on any atom is -0.390 e. The summed E-state index contributed by atoms with van der Waals surface area (Å²) >= 11 is 0. The predicted molar refractivity (Wildman–Crippen MR) is 55.7 cm³/mol. The summed E-state index contributed by atoms with van der Waals surface area (Å²) in [6.07, 6.45) is 7.00. The van der Waals surface area contributed by atoms with Crippen LogP contribution in [0.3, 0.4) is 0 Å². The Bertz CT molecular complexity index is 247. The Morgan fingerprint density at radius 3 is 2.21 bits per heavy atom. The number of rotatable bonds is 1. The van der Waals surface area contributed by atoms with E-state index in [0.717, 1.165) is 31.1 Å². The summed E-state index contributed by atoms with van der Waals surface area (Å²) in [6, 6.07) is 0.264. The van der Waals surface area contributed by atoms with Crippen molar-refractivity contribution in [1.82, 2.24) is 0 Å². The quantitative estimate of drug-likeness (QED) is 0.668. The fourth-order valence-electron chi connectivity index (χ4n) is 4.82. The summed E-state index contributed by atoms with van der Waals surface area (Å²) in [5, 5.41) is 10.5. The molecule has 0 aromatic heterocycles. The van der Waals surface area contributed by atoms with Crippen LogP contribution in [0.5, 0.6) is 0 Å². The van der Waals surface area contributed by atoms with E-state index in [4.69, 9.17) is 5.73 Å². The molecule has 0 amide bonds. The van der Waals surface area contributed by atoms with E-state index < -0.39 is 0 Å². The van der Waals surface area contributed by atoms with Gasteiger partial charge >= 0.3 is 0 Å². The molecule has 4 fully saturated rings. The van der Waals surface area contributed by atoms with Crippen molar-refractivity contribution < 1.29 is 5.11 Å². The summed E-state index contributed by atoms with van der Waals surface area (Å²) in [5.41, 5.74) is 6.09. The number of hydrogen-bond acceptors (Lipinski definition) is 2. The first-order valence-electron chi connectivity index (χ1n) is 5.99. The van der Waals surface area contributed by atoms with Crippen molar-refractivity contribution in [3.63, 3.8) is 0 Å². The molecule has 0 heterocycles. The molecule has 2 nitrogen and oxygen atoms in total. The zero-order valence-corrected chi connectivity index (χ0v) is 9.00. The second-order valence-electron chi connectivity index (χ2n) is 6.34. The topological polar surface area (TPSA) is 46.2 Å². The summed E-state index contributed by atoms with van der Waals surface area (Å²) in [6.45, 7) is 2.14. The van der Waals surface area contributed by atoms with E-state index in [1.165, 1.54) is 19.3 Å². The molecule has 3 N–H and O–H groups in total. The zero-order chi connectivity index (χ0) is 9.97. The Kier molecular flexibility index (Phi) is 1.66. The van der Waals surface area contributed by atoms with Gasteiger partial charge in [-0.1, -0.05) is 0 Å². The maximum absolute atomic E-state index is 10.5. The smallest absolute Gasteiger partial charge is 0.0659 e. The number of aliphatic hydroxyl groups is 1. The highest BCUT2D eigenvalue weighted by atomic mass is 16.3. The molecule has 0 aliphatic heterocycles. The van der Waals surface area contributed by atoms with E-state index in [-0.39, 0.29) is 11.6 Å². The third-order valence-corrected chi connectivity index (χ3v) is 5.04. The van der Waals surface area contributed by atoms with E-state index in [0.29, 0.717) is 5.41 Å². The molecule has 4 saturated carbocycles. The summed E-state index contributed by atoms with van der Waals surface area (Å²) in [4.78, 5) is 0. The lowest BCUT2D eigenvalue weighted by molar-refractivity contribution is -0.168. The second-order valence-corrected chi connectivity index (χ2v) is 6.34. The predicted octanol–water partition coefficient (Wildman–Crippen LogP) is 1.66. The highest BCUT2D eigenvalue weighted by Gasteiger charge is 2.58. The molecule has 80 valence electrons. The standard InChI is InChI=1S/C12H21NO/c1-8(13)11-3-9-2-10(4-11)6-12(14,5-9)7-11/h8-10,14H,2-7,13H2,1H3/t8-,9+,10+,11?,12?/m1/s1. The van der Waals surface area contributed by atoms with Gasteiger partial charge in [0.15, 0.2) is 0 Å². The van der Waals surface area contributed by atoms with Gasteiger partial charge in [-0.25, -0.2) is 0 Å². The van der Waals surface area contributed by atoms with Gasteiger partial charge in [0.05, 0.1) is 5.60 Å². The first kappa shape index (κ1) is 9.17. The highest BCUT2D eigenvalue weighted by molar-refractivity contribution is 5.10. The first-order valence-corrected chi connectivity index (χ1v) is 5.99. The fourth-order valence-corrected chi connectivity index (χ4v) is 4.82. The molecule has 0 aromatic carbocycles. The second kappa shape index (κ2) is 2.53. The third-order valence-electron chi connectivity index (χ3n) is 5.04. The van der Waals surface area contributed by atoms with Crippen LogP contribution in [-0.4, -0.2) is 16.7 Å². The lowest BCUT2D eigenvalue weighted by Crippen LogP contribution is -2.60. The molecule has 0 radical (unpaired) electrons. The molecule has 0 unspecified atom stereocenters. The molecule has 4 bridgehead atoms. The molecule has 4 aliphatic carbocycles. The van der Waals surface area contributed by atoms with Gasteiger partial charge in [0, 0.05) is 6.04 Å². The minimum atomic E-state index is -0.336. The van der Waals surface area contributed by atoms with E-state index in [9.17, 15) is 5.11 Å². The van der Waals surface area contributed by atoms with E-state index in [1.54, 1.807) is 0 Å². The Balaban J connectivity index is 1.96. The molecule has 3 atom stereocenters. The van der Waals surface area contributed by atoms with Crippen LogP contribution in [-0.2, 0) is 0 Å². The van der Waals surface area contributed by atoms with Gasteiger partial charge < -0.3 is 10.8 Å². The molecule has 0 saturated heterocycles. The van der Waals surface area contributed by atoms with Gasteiger partial charge in [-0.05, 0) is 62.7 Å². The SMILES string of the molecule is C[C@@H](N)C12C[C@@H]3C[C@H](CC(O)(C3)C1)C2. The van der Waals surface area contributed by atoms with Crippen LogP contribution in [0, 0.1) is 17.3 Å². The lowest BCUT2D eigenvalue weighted by atomic mass is 9.46. The van der Waals surface area contributed by atoms with Crippen LogP contribution in [0.1, 0.15) is 45.4 Å². The normalized spacial score (nSPS) is 57.6. The molecule has 4 aliphatic rings. The lowest BCUT2D eigenvalue weighted by Gasteiger charge is -2.61. The van der Waals surface area contributed by atoms with Crippen LogP contribution in [0.4, 0.5) is 0 Å². The summed E-state index contributed by atoms with van der Waals surface area (Å²) < 4.78 is 0. The van der Waals surface area contributed by atoms with E-state index in [1.807, 2.05) is 0 Å². The van der Waals surface area contributed by atoms with E-state index in [2.05, 4.69) is 6.92 Å². The van der Waals surface area contributed by atoms with Gasteiger partial charge in [-0.15, -0.1) is 0 Å². The van der Waals surface area contributed by atoms with Crippen molar-refractivity contribution in [2.45, 2.75) is 57.1 Å². The molecular weight excluding hydrogens is 174 g/mol. The average Bonchev–Trinajstić information content (AvgIpc) is 1.98. The fraction of sp³-hybridized carbons (Fsp3) is 1.00. The third kappa shape index (κ3) is 1.10. The highest BCUT2D eigenvalue weighted by Crippen LogP contribution is 2.62. The van der Waals surface area contributed by atoms with Gasteiger partial charge in [0.25, 0.3) is 0 Å². The van der Waals surface area contributed by atoms with Crippen LogP contribution in [0.25, 0.3) is 0 Å². The van der Waals surface area contributed by atoms with Crippen LogP contribution in [0.15, 0.2) is 0 Å². The Morgan fingerprint density at radius 2 is 1.79 bits per heavy atom. The average molecular weight is 195 g/mol. The van der Waals surface area contributed by atoms with Gasteiger partial charge in [0.2, 0.25) is 0 Å². The maximum atomic E-state index is 10.5.